The van der Waals surface area contributed by atoms with Crippen LogP contribution in [-0.4, -0.2) is 15.8 Å². The maximum Gasteiger partial charge on any atom is 0.156 e. The van der Waals surface area contributed by atoms with Gasteiger partial charge in [-0.3, -0.25) is 15.4 Å². The standard InChI is InChI=1S/C14H16N4O/c1-3-11-12(5-4-9(2)18-11)19-13-8-17-7-6-10(13)14(15)16/h4-8H,3H2,1-2H3,(H3,15,16). The maximum atomic E-state index is 7.53. The summed E-state index contributed by atoms with van der Waals surface area (Å²) in [6.07, 6.45) is 3.90. The fraction of sp³-hybridized carbons (Fsp3) is 0.214. The largest absolute Gasteiger partial charge is 0.453 e. The van der Waals surface area contributed by atoms with E-state index in [1.807, 2.05) is 26.0 Å². The number of nitrogens with one attached hydrogen (secondary N) is 1. The molecule has 19 heavy (non-hydrogen) atoms. The van der Waals surface area contributed by atoms with Gasteiger partial charge in [-0.1, -0.05) is 6.92 Å². The molecule has 0 radical (unpaired) electrons. The monoisotopic (exact) mass is 256 g/mol. The van der Waals surface area contributed by atoms with Crippen molar-refractivity contribution in [3.63, 3.8) is 0 Å². The molecule has 0 spiro atoms. The molecule has 2 aromatic heterocycles. The van der Waals surface area contributed by atoms with E-state index in [-0.39, 0.29) is 5.84 Å². The molecule has 0 atom stereocenters. The Kier molecular flexibility index (Phi) is 3.75. The number of nitrogens with zero attached hydrogens (tertiary/aromatic N) is 2. The highest BCUT2D eigenvalue weighted by atomic mass is 16.5. The molecule has 0 aliphatic rings. The lowest BCUT2D eigenvalue weighted by molar-refractivity contribution is 0.469. The van der Waals surface area contributed by atoms with E-state index >= 15 is 0 Å². The van der Waals surface area contributed by atoms with Gasteiger partial charge in [0.2, 0.25) is 0 Å². The number of hydrogen-bond donors (Lipinski definition) is 2. The molecule has 0 fully saturated rings. The Balaban J connectivity index is 2.39. The molecular formula is C14H16N4O. The fourth-order valence-corrected chi connectivity index (χ4v) is 1.75. The number of ether oxygens (including phenoxy) is 1. The van der Waals surface area contributed by atoms with Crippen LogP contribution in [0.2, 0.25) is 0 Å². The molecular weight excluding hydrogens is 240 g/mol. The van der Waals surface area contributed by atoms with E-state index < -0.39 is 0 Å². The third-order valence-electron chi connectivity index (χ3n) is 2.70. The molecule has 0 saturated carbocycles. The number of hydrogen-bond acceptors (Lipinski definition) is 4. The zero-order chi connectivity index (χ0) is 13.8. The molecule has 0 aromatic carbocycles. The van der Waals surface area contributed by atoms with Crippen molar-refractivity contribution in [3.05, 3.63) is 47.5 Å². The van der Waals surface area contributed by atoms with Gasteiger partial charge in [0.25, 0.3) is 0 Å². The average Bonchev–Trinajstić information content (AvgIpc) is 2.41. The minimum absolute atomic E-state index is 0.0458. The Morgan fingerprint density at radius 1 is 1.32 bits per heavy atom. The van der Waals surface area contributed by atoms with E-state index in [0.717, 1.165) is 17.8 Å². The second-order valence-electron chi connectivity index (χ2n) is 4.14. The van der Waals surface area contributed by atoms with E-state index in [2.05, 4.69) is 9.97 Å². The summed E-state index contributed by atoms with van der Waals surface area (Å²) >= 11 is 0. The number of aromatic nitrogens is 2. The van der Waals surface area contributed by atoms with Crippen LogP contribution in [0.3, 0.4) is 0 Å². The highest BCUT2D eigenvalue weighted by Crippen LogP contribution is 2.26. The van der Waals surface area contributed by atoms with Crippen molar-refractivity contribution in [3.8, 4) is 11.5 Å². The highest BCUT2D eigenvalue weighted by Gasteiger charge is 2.10. The van der Waals surface area contributed by atoms with Gasteiger partial charge in [-0.25, -0.2) is 0 Å². The first kappa shape index (κ1) is 13.0. The van der Waals surface area contributed by atoms with Crippen LogP contribution in [0.5, 0.6) is 11.5 Å². The van der Waals surface area contributed by atoms with Crippen molar-refractivity contribution in [1.29, 1.82) is 5.41 Å². The van der Waals surface area contributed by atoms with Crippen LogP contribution in [0.1, 0.15) is 23.9 Å². The molecule has 0 bridgehead atoms. The molecule has 2 aromatic rings. The van der Waals surface area contributed by atoms with E-state index in [1.54, 1.807) is 18.5 Å². The van der Waals surface area contributed by atoms with Gasteiger partial charge in [0.05, 0.1) is 17.5 Å². The van der Waals surface area contributed by atoms with Crippen molar-refractivity contribution in [1.82, 2.24) is 9.97 Å². The first-order valence-corrected chi connectivity index (χ1v) is 6.04. The van der Waals surface area contributed by atoms with Gasteiger partial charge in [-0.15, -0.1) is 0 Å². The molecule has 0 amide bonds. The summed E-state index contributed by atoms with van der Waals surface area (Å²) in [7, 11) is 0. The Labute approximate surface area is 112 Å². The van der Waals surface area contributed by atoms with Gasteiger partial charge in [-0.05, 0) is 31.5 Å². The summed E-state index contributed by atoms with van der Waals surface area (Å²) in [6.45, 7) is 3.96. The van der Waals surface area contributed by atoms with E-state index in [9.17, 15) is 0 Å². The number of aryl methyl sites for hydroxylation is 2. The topological polar surface area (TPSA) is 84.9 Å². The molecule has 98 valence electrons. The Bertz CT molecular complexity index is 610. The Hall–Kier alpha value is -2.43. The van der Waals surface area contributed by atoms with Gasteiger partial charge < -0.3 is 10.5 Å². The predicted molar refractivity (Wildman–Crippen MR) is 73.7 cm³/mol. The summed E-state index contributed by atoms with van der Waals surface area (Å²) < 4.78 is 5.80. The lowest BCUT2D eigenvalue weighted by Gasteiger charge is -2.12. The number of nitrogens with two attached hydrogens (primary N) is 1. The van der Waals surface area contributed by atoms with Crippen LogP contribution in [0, 0.1) is 12.3 Å². The molecule has 0 aliphatic carbocycles. The van der Waals surface area contributed by atoms with Crippen molar-refractivity contribution < 1.29 is 4.74 Å². The fourth-order valence-electron chi connectivity index (χ4n) is 1.75. The van der Waals surface area contributed by atoms with Crippen molar-refractivity contribution in [2.45, 2.75) is 20.3 Å². The first-order chi connectivity index (χ1) is 9.11. The number of nitrogen functional groups attached to an aromatic ring is 1. The maximum absolute atomic E-state index is 7.53. The zero-order valence-corrected chi connectivity index (χ0v) is 11.0. The second-order valence-corrected chi connectivity index (χ2v) is 4.14. The minimum atomic E-state index is -0.0458. The molecule has 5 heteroatoms. The highest BCUT2D eigenvalue weighted by molar-refractivity contribution is 5.97. The Morgan fingerprint density at radius 3 is 2.79 bits per heavy atom. The van der Waals surface area contributed by atoms with Crippen molar-refractivity contribution in [2.75, 3.05) is 0 Å². The normalized spacial score (nSPS) is 10.2. The summed E-state index contributed by atoms with van der Waals surface area (Å²) in [5.74, 6) is 1.09. The lowest BCUT2D eigenvalue weighted by Crippen LogP contribution is -2.12. The third-order valence-corrected chi connectivity index (χ3v) is 2.70. The van der Waals surface area contributed by atoms with Gasteiger partial charge in [-0.2, -0.15) is 0 Å². The summed E-state index contributed by atoms with van der Waals surface area (Å²) in [5.41, 5.74) is 7.87. The minimum Gasteiger partial charge on any atom is -0.453 e. The summed E-state index contributed by atoms with van der Waals surface area (Å²) in [5, 5.41) is 7.53. The SMILES string of the molecule is CCc1nc(C)ccc1Oc1cnccc1C(=N)N. The molecule has 2 heterocycles. The smallest absolute Gasteiger partial charge is 0.156 e. The van der Waals surface area contributed by atoms with Gasteiger partial charge in [0.1, 0.15) is 11.6 Å². The average molecular weight is 256 g/mol. The van der Waals surface area contributed by atoms with Gasteiger partial charge in [0, 0.05) is 11.9 Å². The van der Waals surface area contributed by atoms with E-state index in [4.69, 9.17) is 15.9 Å². The quantitative estimate of drug-likeness (QED) is 0.650. The molecule has 2 rings (SSSR count). The molecule has 0 unspecified atom stereocenters. The number of amidine groups is 1. The third kappa shape index (κ3) is 2.88. The summed E-state index contributed by atoms with van der Waals surface area (Å²) in [6, 6.07) is 5.42. The van der Waals surface area contributed by atoms with Crippen LogP contribution < -0.4 is 10.5 Å². The Morgan fingerprint density at radius 2 is 2.11 bits per heavy atom. The molecule has 3 N–H and O–H groups in total. The van der Waals surface area contributed by atoms with Gasteiger partial charge >= 0.3 is 0 Å². The van der Waals surface area contributed by atoms with Crippen molar-refractivity contribution >= 4 is 5.84 Å². The number of rotatable bonds is 4. The van der Waals surface area contributed by atoms with E-state index in [1.165, 1.54) is 0 Å². The van der Waals surface area contributed by atoms with Crippen LogP contribution in [-0.2, 0) is 6.42 Å². The van der Waals surface area contributed by atoms with Crippen LogP contribution in [0.4, 0.5) is 0 Å². The summed E-state index contributed by atoms with van der Waals surface area (Å²) in [4.78, 5) is 8.43. The van der Waals surface area contributed by atoms with Crippen molar-refractivity contribution in [2.24, 2.45) is 5.73 Å². The van der Waals surface area contributed by atoms with E-state index in [0.29, 0.717) is 17.1 Å². The first-order valence-electron chi connectivity index (χ1n) is 6.04. The second kappa shape index (κ2) is 5.48. The van der Waals surface area contributed by atoms with Crippen LogP contribution in [0.25, 0.3) is 0 Å². The predicted octanol–water partition coefficient (Wildman–Crippen LogP) is 2.42. The molecule has 5 nitrogen and oxygen atoms in total. The lowest BCUT2D eigenvalue weighted by atomic mass is 10.2. The molecule has 0 aliphatic heterocycles. The zero-order valence-electron chi connectivity index (χ0n) is 11.0. The van der Waals surface area contributed by atoms with Crippen LogP contribution >= 0.6 is 0 Å². The molecule has 0 saturated heterocycles. The van der Waals surface area contributed by atoms with Gasteiger partial charge in [0.15, 0.2) is 5.75 Å². The number of pyridine rings is 2. The van der Waals surface area contributed by atoms with Crippen LogP contribution in [0.15, 0.2) is 30.6 Å².